The zero-order valence-corrected chi connectivity index (χ0v) is 11.6. The highest BCUT2D eigenvalue weighted by atomic mass is 16.3. The van der Waals surface area contributed by atoms with Gasteiger partial charge in [0.05, 0.1) is 11.4 Å². The normalized spacial score (nSPS) is 21.1. The minimum absolute atomic E-state index is 0.0978. The Balaban J connectivity index is 1.71. The van der Waals surface area contributed by atoms with Crippen LogP contribution in [0.1, 0.15) is 23.2 Å². The average molecular weight is 275 g/mol. The Bertz CT molecular complexity index is 504. The van der Waals surface area contributed by atoms with Gasteiger partial charge in [0.2, 0.25) is 0 Å². The maximum absolute atomic E-state index is 12.5. The molecule has 5 heteroatoms. The van der Waals surface area contributed by atoms with E-state index in [1.165, 1.54) is 0 Å². The Morgan fingerprint density at radius 3 is 2.90 bits per heavy atom. The molecule has 5 nitrogen and oxygen atoms in total. The average Bonchev–Trinajstić information content (AvgIpc) is 2.95. The lowest BCUT2D eigenvalue weighted by Crippen LogP contribution is -2.29. The molecule has 1 atom stereocenters. The number of fused-ring (bicyclic) bond motifs is 1. The molecule has 1 aromatic rings. The van der Waals surface area contributed by atoms with Gasteiger partial charge in [0.1, 0.15) is 0 Å². The summed E-state index contributed by atoms with van der Waals surface area (Å²) in [4.78, 5) is 14.4. The van der Waals surface area contributed by atoms with Crippen molar-refractivity contribution >= 4 is 17.3 Å². The first-order valence-electron chi connectivity index (χ1n) is 7.30. The molecule has 20 heavy (non-hydrogen) atoms. The molecule has 1 fully saturated rings. The van der Waals surface area contributed by atoms with Gasteiger partial charge in [-0.3, -0.25) is 4.79 Å². The molecule has 1 aromatic carbocycles. The summed E-state index contributed by atoms with van der Waals surface area (Å²) < 4.78 is 0. The molecule has 2 heterocycles. The molecule has 2 aliphatic heterocycles. The van der Waals surface area contributed by atoms with Crippen molar-refractivity contribution in [1.82, 2.24) is 4.90 Å². The van der Waals surface area contributed by atoms with Gasteiger partial charge in [-0.05, 0) is 37.0 Å². The maximum Gasteiger partial charge on any atom is 0.253 e. The lowest BCUT2D eigenvalue weighted by molar-refractivity contribution is 0.0785. The highest BCUT2D eigenvalue weighted by molar-refractivity contribution is 5.96. The van der Waals surface area contributed by atoms with E-state index in [4.69, 9.17) is 5.11 Å². The number of benzene rings is 1. The van der Waals surface area contributed by atoms with E-state index in [0.717, 1.165) is 56.0 Å². The second-order valence-electron chi connectivity index (χ2n) is 5.53. The summed E-state index contributed by atoms with van der Waals surface area (Å²) in [5, 5.41) is 15.6. The van der Waals surface area contributed by atoms with E-state index in [2.05, 4.69) is 10.6 Å². The predicted octanol–water partition coefficient (Wildman–Crippen LogP) is 1.37. The minimum atomic E-state index is 0.0978. The predicted molar refractivity (Wildman–Crippen MR) is 79.1 cm³/mol. The van der Waals surface area contributed by atoms with Gasteiger partial charge in [0, 0.05) is 38.3 Å². The van der Waals surface area contributed by atoms with Crippen molar-refractivity contribution in [3.05, 3.63) is 23.8 Å². The third kappa shape index (κ3) is 2.58. The number of carbonyl (C=O) groups is 1. The Morgan fingerprint density at radius 1 is 1.30 bits per heavy atom. The van der Waals surface area contributed by atoms with Crippen molar-refractivity contribution in [2.24, 2.45) is 5.92 Å². The third-order valence-electron chi connectivity index (χ3n) is 4.13. The number of aliphatic hydroxyl groups excluding tert-OH is 1. The van der Waals surface area contributed by atoms with Crippen molar-refractivity contribution in [2.45, 2.75) is 12.8 Å². The summed E-state index contributed by atoms with van der Waals surface area (Å²) in [7, 11) is 0. The van der Waals surface area contributed by atoms with Crippen molar-refractivity contribution in [3.8, 4) is 0 Å². The molecule has 1 saturated heterocycles. The first-order valence-corrected chi connectivity index (χ1v) is 7.30. The quantitative estimate of drug-likeness (QED) is 0.779. The molecular formula is C15H21N3O2. The number of likely N-dealkylation sites (tertiary alicyclic amines) is 1. The second kappa shape index (κ2) is 5.71. The van der Waals surface area contributed by atoms with Crippen molar-refractivity contribution in [3.63, 3.8) is 0 Å². The SMILES string of the molecule is O=C(c1ccc2c(c1)NCCN2)N1CCC(CCO)C1. The van der Waals surface area contributed by atoms with Crippen LogP contribution in [0.2, 0.25) is 0 Å². The van der Waals surface area contributed by atoms with E-state index < -0.39 is 0 Å². The van der Waals surface area contributed by atoms with Crippen molar-refractivity contribution in [2.75, 3.05) is 43.4 Å². The van der Waals surface area contributed by atoms with Gasteiger partial charge in [-0.2, -0.15) is 0 Å². The van der Waals surface area contributed by atoms with Gasteiger partial charge in [-0.1, -0.05) is 0 Å². The summed E-state index contributed by atoms with van der Waals surface area (Å²) in [6.07, 6.45) is 1.79. The lowest BCUT2D eigenvalue weighted by atomic mass is 10.1. The van der Waals surface area contributed by atoms with E-state index in [1.54, 1.807) is 0 Å². The molecule has 0 radical (unpaired) electrons. The number of hydrogen-bond acceptors (Lipinski definition) is 4. The molecule has 0 bridgehead atoms. The minimum Gasteiger partial charge on any atom is -0.396 e. The number of aliphatic hydroxyl groups is 1. The van der Waals surface area contributed by atoms with Crippen LogP contribution in [-0.2, 0) is 0 Å². The molecule has 108 valence electrons. The van der Waals surface area contributed by atoms with Crippen LogP contribution in [0.5, 0.6) is 0 Å². The topological polar surface area (TPSA) is 64.6 Å². The summed E-state index contributed by atoms with van der Waals surface area (Å²) in [5.74, 6) is 0.544. The number of nitrogens with zero attached hydrogens (tertiary/aromatic N) is 1. The third-order valence-corrected chi connectivity index (χ3v) is 4.13. The van der Waals surface area contributed by atoms with Crippen LogP contribution in [-0.4, -0.2) is 48.7 Å². The van der Waals surface area contributed by atoms with Gasteiger partial charge < -0.3 is 20.6 Å². The van der Waals surface area contributed by atoms with Gasteiger partial charge in [0.25, 0.3) is 5.91 Å². The largest absolute Gasteiger partial charge is 0.396 e. The summed E-state index contributed by atoms with van der Waals surface area (Å²) in [6, 6.07) is 5.79. The van der Waals surface area contributed by atoms with Crippen molar-refractivity contribution < 1.29 is 9.90 Å². The van der Waals surface area contributed by atoms with E-state index in [9.17, 15) is 4.79 Å². The highest BCUT2D eigenvalue weighted by Crippen LogP contribution is 2.27. The molecular weight excluding hydrogens is 254 g/mol. The van der Waals surface area contributed by atoms with Crippen LogP contribution in [0.25, 0.3) is 0 Å². The first kappa shape index (κ1) is 13.2. The Hall–Kier alpha value is -1.75. The van der Waals surface area contributed by atoms with Gasteiger partial charge in [0.15, 0.2) is 0 Å². The van der Waals surface area contributed by atoms with Gasteiger partial charge >= 0.3 is 0 Å². The fraction of sp³-hybridized carbons (Fsp3) is 0.533. The van der Waals surface area contributed by atoms with Crippen LogP contribution in [0.15, 0.2) is 18.2 Å². The molecule has 0 aromatic heterocycles. The molecule has 3 N–H and O–H groups in total. The lowest BCUT2D eigenvalue weighted by Gasteiger charge is -2.22. The second-order valence-corrected chi connectivity index (χ2v) is 5.53. The van der Waals surface area contributed by atoms with Gasteiger partial charge in [-0.15, -0.1) is 0 Å². The Labute approximate surface area is 119 Å². The molecule has 3 rings (SSSR count). The fourth-order valence-electron chi connectivity index (χ4n) is 2.99. The summed E-state index contributed by atoms with van der Waals surface area (Å²) >= 11 is 0. The van der Waals surface area contributed by atoms with Crippen LogP contribution < -0.4 is 10.6 Å². The standard InChI is InChI=1S/C15H21N3O2/c19-8-4-11-3-7-18(10-11)15(20)12-1-2-13-14(9-12)17-6-5-16-13/h1-2,9,11,16-17,19H,3-8,10H2. The zero-order valence-electron chi connectivity index (χ0n) is 11.6. The molecule has 2 aliphatic rings. The molecule has 0 aliphatic carbocycles. The first-order chi connectivity index (χ1) is 9.78. The number of anilines is 2. The van der Waals surface area contributed by atoms with E-state index in [0.29, 0.717) is 5.92 Å². The Kier molecular flexibility index (Phi) is 3.78. The number of hydrogen-bond donors (Lipinski definition) is 3. The zero-order chi connectivity index (χ0) is 13.9. The smallest absolute Gasteiger partial charge is 0.253 e. The van der Waals surface area contributed by atoms with Crippen LogP contribution in [0, 0.1) is 5.92 Å². The summed E-state index contributed by atoms with van der Waals surface area (Å²) in [5.41, 5.74) is 2.81. The molecule has 0 spiro atoms. The van der Waals surface area contributed by atoms with Crippen LogP contribution >= 0.6 is 0 Å². The molecule has 1 amide bonds. The monoisotopic (exact) mass is 275 g/mol. The van der Waals surface area contributed by atoms with Crippen LogP contribution in [0.4, 0.5) is 11.4 Å². The van der Waals surface area contributed by atoms with E-state index in [-0.39, 0.29) is 12.5 Å². The van der Waals surface area contributed by atoms with Crippen molar-refractivity contribution in [1.29, 1.82) is 0 Å². The Morgan fingerprint density at radius 2 is 2.10 bits per heavy atom. The number of carbonyl (C=O) groups excluding carboxylic acids is 1. The van der Waals surface area contributed by atoms with E-state index in [1.807, 2.05) is 23.1 Å². The summed E-state index contributed by atoms with van der Waals surface area (Å²) in [6.45, 7) is 3.57. The number of rotatable bonds is 3. The molecule has 1 unspecified atom stereocenters. The molecule has 0 saturated carbocycles. The highest BCUT2D eigenvalue weighted by Gasteiger charge is 2.27. The van der Waals surface area contributed by atoms with Gasteiger partial charge in [-0.25, -0.2) is 0 Å². The van der Waals surface area contributed by atoms with E-state index >= 15 is 0 Å². The van der Waals surface area contributed by atoms with Crippen LogP contribution in [0.3, 0.4) is 0 Å². The number of amides is 1. The number of nitrogens with one attached hydrogen (secondary N) is 2. The fourth-order valence-corrected chi connectivity index (χ4v) is 2.99. The maximum atomic E-state index is 12.5.